The highest BCUT2D eigenvalue weighted by atomic mass is 16.5. The number of amides is 2. The number of methoxy groups -OCH3 is 2. The lowest BCUT2D eigenvalue weighted by Crippen LogP contribution is -2.48. The summed E-state index contributed by atoms with van der Waals surface area (Å²) in [5, 5.41) is 5.87. The van der Waals surface area contributed by atoms with E-state index in [0.29, 0.717) is 17.2 Å². The molecule has 0 unspecified atom stereocenters. The van der Waals surface area contributed by atoms with Crippen molar-refractivity contribution in [3.05, 3.63) is 18.2 Å². The van der Waals surface area contributed by atoms with Gasteiger partial charge in [-0.3, -0.25) is 9.59 Å². The normalized spacial score (nSPS) is 15.7. The molecule has 1 aromatic carbocycles. The van der Waals surface area contributed by atoms with Gasteiger partial charge in [0.05, 0.1) is 14.2 Å². The highest BCUT2D eigenvalue weighted by Gasteiger charge is 2.37. The van der Waals surface area contributed by atoms with Crippen molar-refractivity contribution in [2.75, 3.05) is 19.5 Å². The smallest absolute Gasteiger partial charge is 0.239 e. The summed E-state index contributed by atoms with van der Waals surface area (Å²) in [6.07, 6.45) is 6.66. The highest BCUT2D eigenvalue weighted by molar-refractivity contribution is 6.10. The van der Waals surface area contributed by atoms with Crippen LogP contribution in [0.2, 0.25) is 0 Å². The highest BCUT2D eigenvalue weighted by Crippen LogP contribution is 2.30. The van der Waals surface area contributed by atoms with Crippen LogP contribution < -0.4 is 20.1 Å². The zero-order valence-electron chi connectivity index (χ0n) is 16.2. The number of anilines is 1. The molecular formula is C20H30N2O4. The summed E-state index contributed by atoms with van der Waals surface area (Å²) in [4.78, 5) is 25.4. The van der Waals surface area contributed by atoms with Crippen LogP contribution in [0, 0.1) is 5.41 Å². The van der Waals surface area contributed by atoms with E-state index >= 15 is 0 Å². The number of ether oxygens (including phenoxy) is 2. The Balaban J connectivity index is 2.03. The van der Waals surface area contributed by atoms with Crippen LogP contribution in [0.15, 0.2) is 18.2 Å². The van der Waals surface area contributed by atoms with E-state index in [1.165, 1.54) is 20.0 Å². The molecule has 6 nitrogen and oxygen atoms in total. The van der Waals surface area contributed by atoms with Gasteiger partial charge in [0.2, 0.25) is 11.8 Å². The standard InChI is InChI=1S/C20H30N2O4/c1-20(2,18(23)21-14-9-7-5-6-8-10-14)19(24)22-15-11-12-16(25-3)17(13-15)26-4/h11-14H,5-10H2,1-4H3,(H,21,23)(H,22,24). The molecule has 0 radical (unpaired) electrons. The van der Waals surface area contributed by atoms with Crippen molar-refractivity contribution < 1.29 is 19.1 Å². The Labute approximate surface area is 155 Å². The molecule has 0 saturated heterocycles. The molecule has 2 amide bonds. The number of nitrogens with one attached hydrogen (secondary N) is 2. The minimum atomic E-state index is -1.17. The second-order valence-electron chi connectivity index (χ2n) is 7.31. The molecule has 1 aromatic rings. The van der Waals surface area contributed by atoms with Crippen molar-refractivity contribution in [2.24, 2.45) is 5.41 Å². The Morgan fingerprint density at radius 1 is 0.962 bits per heavy atom. The van der Waals surface area contributed by atoms with Gasteiger partial charge in [-0.25, -0.2) is 0 Å². The predicted octanol–water partition coefficient (Wildman–Crippen LogP) is 3.51. The van der Waals surface area contributed by atoms with Gasteiger partial charge in [0, 0.05) is 17.8 Å². The average molecular weight is 362 g/mol. The number of hydrogen-bond acceptors (Lipinski definition) is 4. The Hall–Kier alpha value is -2.24. The summed E-state index contributed by atoms with van der Waals surface area (Å²) in [6, 6.07) is 5.28. The quantitative estimate of drug-likeness (QED) is 0.600. The molecule has 144 valence electrons. The number of carbonyl (C=O) groups excluding carboxylic acids is 2. The van der Waals surface area contributed by atoms with Crippen molar-refractivity contribution in [3.8, 4) is 11.5 Å². The lowest BCUT2D eigenvalue weighted by molar-refractivity contribution is -0.138. The minimum Gasteiger partial charge on any atom is -0.493 e. The molecular weight excluding hydrogens is 332 g/mol. The summed E-state index contributed by atoms with van der Waals surface area (Å²) in [5.74, 6) is 0.514. The summed E-state index contributed by atoms with van der Waals surface area (Å²) < 4.78 is 10.4. The molecule has 0 bridgehead atoms. The Kier molecular flexibility index (Phi) is 6.89. The zero-order chi connectivity index (χ0) is 19.2. The first kappa shape index (κ1) is 20.1. The maximum atomic E-state index is 12.7. The molecule has 1 aliphatic carbocycles. The number of hydrogen-bond donors (Lipinski definition) is 2. The van der Waals surface area contributed by atoms with E-state index in [1.807, 2.05) is 0 Å². The maximum Gasteiger partial charge on any atom is 0.239 e. The molecule has 0 atom stereocenters. The van der Waals surface area contributed by atoms with E-state index in [4.69, 9.17) is 9.47 Å². The molecule has 0 spiro atoms. The monoisotopic (exact) mass is 362 g/mol. The van der Waals surface area contributed by atoms with Gasteiger partial charge in [0.1, 0.15) is 5.41 Å². The Morgan fingerprint density at radius 2 is 1.58 bits per heavy atom. The van der Waals surface area contributed by atoms with Crippen LogP contribution in [0.5, 0.6) is 11.5 Å². The second-order valence-corrected chi connectivity index (χ2v) is 7.31. The average Bonchev–Trinajstić information content (AvgIpc) is 2.90. The first-order valence-corrected chi connectivity index (χ1v) is 9.23. The summed E-state index contributed by atoms with van der Waals surface area (Å²) in [7, 11) is 3.09. The predicted molar refractivity (Wildman–Crippen MR) is 102 cm³/mol. The topological polar surface area (TPSA) is 76.7 Å². The van der Waals surface area contributed by atoms with Gasteiger partial charge in [-0.2, -0.15) is 0 Å². The van der Waals surface area contributed by atoms with Crippen LogP contribution >= 0.6 is 0 Å². The van der Waals surface area contributed by atoms with Crippen LogP contribution in [-0.4, -0.2) is 32.1 Å². The number of rotatable bonds is 6. The van der Waals surface area contributed by atoms with Gasteiger partial charge in [-0.15, -0.1) is 0 Å². The van der Waals surface area contributed by atoms with Crippen molar-refractivity contribution in [1.29, 1.82) is 0 Å². The Bertz CT molecular complexity index is 635. The van der Waals surface area contributed by atoms with Crippen molar-refractivity contribution in [1.82, 2.24) is 5.32 Å². The summed E-state index contributed by atoms with van der Waals surface area (Å²) in [6.45, 7) is 3.30. The minimum absolute atomic E-state index is 0.165. The molecule has 1 fully saturated rings. The molecule has 0 heterocycles. The lowest BCUT2D eigenvalue weighted by Gasteiger charge is -2.26. The SMILES string of the molecule is COc1ccc(NC(=O)C(C)(C)C(=O)NC2CCCCCC2)cc1OC. The fourth-order valence-electron chi connectivity index (χ4n) is 3.09. The third-order valence-corrected chi connectivity index (χ3v) is 4.97. The second kappa shape index (κ2) is 8.92. The maximum absolute atomic E-state index is 12.7. The van der Waals surface area contributed by atoms with Crippen LogP contribution in [0.1, 0.15) is 52.4 Å². The number of benzene rings is 1. The first-order valence-electron chi connectivity index (χ1n) is 9.23. The molecule has 0 aromatic heterocycles. The largest absolute Gasteiger partial charge is 0.493 e. The fourth-order valence-corrected chi connectivity index (χ4v) is 3.09. The molecule has 26 heavy (non-hydrogen) atoms. The fraction of sp³-hybridized carbons (Fsp3) is 0.600. The van der Waals surface area contributed by atoms with Gasteiger partial charge in [-0.05, 0) is 38.8 Å². The Morgan fingerprint density at radius 3 is 2.15 bits per heavy atom. The molecule has 1 aliphatic rings. The summed E-state index contributed by atoms with van der Waals surface area (Å²) >= 11 is 0. The molecule has 1 saturated carbocycles. The molecule has 2 rings (SSSR count). The van der Waals surface area contributed by atoms with Crippen molar-refractivity contribution in [2.45, 2.75) is 58.4 Å². The van der Waals surface area contributed by atoms with E-state index in [1.54, 1.807) is 39.2 Å². The van der Waals surface area contributed by atoms with Gasteiger partial charge in [-0.1, -0.05) is 25.7 Å². The van der Waals surface area contributed by atoms with Crippen LogP contribution in [0.3, 0.4) is 0 Å². The third kappa shape index (κ3) is 4.90. The van der Waals surface area contributed by atoms with Crippen molar-refractivity contribution >= 4 is 17.5 Å². The zero-order valence-corrected chi connectivity index (χ0v) is 16.2. The summed E-state index contributed by atoms with van der Waals surface area (Å²) in [5.41, 5.74) is -0.609. The van der Waals surface area contributed by atoms with Gasteiger partial charge in [0.25, 0.3) is 0 Å². The van der Waals surface area contributed by atoms with Crippen LogP contribution in [0.25, 0.3) is 0 Å². The molecule has 2 N–H and O–H groups in total. The van der Waals surface area contributed by atoms with E-state index in [0.717, 1.165) is 25.7 Å². The van der Waals surface area contributed by atoms with E-state index in [2.05, 4.69) is 10.6 Å². The van der Waals surface area contributed by atoms with Crippen LogP contribution in [0.4, 0.5) is 5.69 Å². The lowest BCUT2D eigenvalue weighted by atomic mass is 9.90. The van der Waals surface area contributed by atoms with Gasteiger partial charge >= 0.3 is 0 Å². The van der Waals surface area contributed by atoms with Gasteiger partial charge in [0.15, 0.2) is 11.5 Å². The van der Waals surface area contributed by atoms with Gasteiger partial charge < -0.3 is 20.1 Å². The first-order chi connectivity index (χ1) is 12.4. The third-order valence-electron chi connectivity index (χ3n) is 4.97. The van der Waals surface area contributed by atoms with Crippen molar-refractivity contribution in [3.63, 3.8) is 0 Å². The van der Waals surface area contributed by atoms with E-state index in [-0.39, 0.29) is 17.9 Å². The van der Waals surface area contributed by atoms with Crippen LogP contribution in [-0.2, 0) is 9.59 Å². The van der Waals surface area contributed by atoms with E-state index in [9.17, 15) is 9.59 Å². The molecule has 0 aliphatic heterocycles. The number of carbonyl (C=O) groups is 2. The molecule has 6 heteroatoms. The van der Waals surface area contributed by atoms with E-state index < -0.39 is 5.41 Å².